The smallest absolute Gasteiger partial charge is 0.303 e. The molecule has 0 aliphatic heterocycles. The third-order valence-corrected chi connectivity index (χ3v) is 2.30. The second kappa shape index (κ2) is 10.0. The molecule has 0 radical (unpaired) electrons. The van der Waals surface area contributed by atoms with Crippen molar-refractivity contribution in [3.8, 4) is 0 Å². The lowest BCUT2D eigenvalue weighted by Gasteiger charge is -2.12. The van der Waals surface area contributed by atoms with Gasteiger partial charge in [-0.05, 0) is 11.8 Å². The van der Waals surface area contributed by atoms with E-state index in [-0.39, 0.29) is 0 Å². The highest BCUT2D eigenvalue weighted by Gasteiger charge is 2.03. The summed E-state index contributed by atoms with van der Waals surface area (Å²) in [5.41, 5.74) is 0.542. The molecule has 15 heavy (non-hydrogen) atoms. The SMILES string of the molecule is CCC(C)(C)C.CCCCCCC(=O)O. The molecule has 0 atom stereocenters. The van der Waals surface area contributed by atoms with E-state index in [2.05, 4.69) is 34.6 Å². The van der Waals surface area contributed by atoms with Crippen molar-refractivity contribution in [1.29, 1.82) is 0 Å². The first-order chi connectivity index (χ1) is 6.83. The number of unbranched alkanes of at least 4 members (excludes halogenated alkanes) is 3. The molecule has 0 saturated heterocycles. The van der Waals surface area contributed by atoms with Gasteiger partial charge in [0.25, 0.3) is 0 Å². The van der Waals surface area contributed by atoms with E-state index >= 15 is 0 Å². The molecule has 0 bridgehead atoms. The van der Waals surface area contributed by atoms with Gasteiger partial charge in [0.2, 0.25) is 0 Å². The van der Waals surface area contributed by atoms with Gasteiger partial charge < -0.3 is 5.11 Å². The Hall–Kier alpha value is -0.530. The average Bonchev–Trinajstić information content (AvgIpc) is 2.12. The highest BCUT2D eigenvalue weighted by molar-refractivity contribution is 5.66. The molecule has 1 N–H and O–H groups in total. The fraction of sp³-hybridized carbons (Fsp3) is 0.923. The zero-order valence-electron chi connectivity index (χ0n) is 11.1. The number of aliphatic carboxylic acids is 1. The summed E-state index contributed by atoms with van der Waals surface area (Å²) in [6.07, 6.45) is 5.83. The molecule has 0 rings (SSSR count). The molecule has 0 saturated carbocycles. The summed E-state index contributed by atoms with van der Waals surface area (Å²) in [7, 11) is 0. The Labute approximate surface area is 95.1 Å². The molecule has 0 aliphatic rings. The zero-order chi connectivity index (χ0) is 12.3. The highest BCUT2D eigenvalue weighted by Crippen LogP contribution is 2.16. The van der Waals surface area contributed by atoms with Crippen molar-refractivity contribution in [2.75, 3.05) is 0 Å². The van der Waals surface area contributed by atoms with Gasteiger partial charge in [-0.1, -0.05) is 60.3 Å². The maximum absolute atomic E-state index is 9.96. The van der Waals surface area contributed by atoms with E-state index in [9.17, 15) is 4.79 Å². The Morgan fingerprint density at radius 1 is 1.07 bits per heavy atom. The third kappa shape index (κ3) is 24.7. The Bertz CT molecular complexity index is 145. The van der Waals surface area contributed by atoms with Gasteiger partial charge in [-0.15, -0.1) is 0 Å². The fourth-order valence-electron chi connectivity index (χ4n) is 0.703. The van der Waals surface area contributed by atoms with Crippen molar-refractivity contribution in [3.63, 3.8) is 0 Å². The molecule has 2 heteroatoms. The Morgan fingerprint density at radius 3 is 1.80 bits per heavy atom. The summed E-state index contributed by atoms with van der Waals surface area (Å²) in [4.78, 5) is 9.96. The highest BCUT2D eigenvalue weighted by atomic mass is 16.4. The second-order valence-electron chi connectivity index (χ2n) is 5.12. The summed E-state index contributed by atoms with van der Waals surface area (Å²) in [6, 6.07) is 0. The van der Waals surface area contributed by atoms with Gasteiger partial charge in [-0.3, -0.25) is 4.79 Å². The zero-order valence-corrected chi connectivity index (χ0v) is 11.1. The van der Waals surface area contributed by atoms with E-state index in [4.69, 9.17) is 5.11 Å². The predicted octanol–water partition coefficient (Wildman–Crippen LogP) is 4.48. The molecule has 0 aromatic carbocycles. The molecule has 0 heterocycles. The normalized spacial score (nSPS) is 10.5. The molecule has 0 fully saturated rings. The van der Waals surface area contributed by atoms with E-state index in [0.29, 0.717) is 11.8 Å². The van der Waals surface area contributed by atoms with E-state index in [1.165, 1.54) is 12.8 Å². The molecule has 0 spiro atoms. The number of carbonyl (C=O) groups is 1. The van der Waals surface area contributed by atoms with Crippen molar-refractivity contribution in [2.24, 2.45) is 5.41 Å². The maximum atomic E-state index is 9.96. The predicted molar refractivity (Wildman–Crippen MR) is 66.1 cm³/mol. The summed E-state index contributed by atoms with van der Waals surface area (Å²) < 4.78 is 0. The van der Waals surface area contributed by atoms with Gasteiger partial charge in [-0.25, -0.2) is 0 Å². The largest absolute Gasteiger partial charge is 0.481 e. The van der Waals surface area contributed by atoms with Crippen LogP contribution in [0.4, 0.5) is 0 Å². The first-order valence-corrected chi connectivity index (χ1v) is 6.05. The summed E-state index contributed by atoms with van der Waals surface area (Å²) in [5, 5.41) is 8.21. The number of carboxylic acid groups (broad SMARTS) is 1. The Balaban J connectivity index is 0. The summed E-state index contributed by atoms with van der Waals surface area (Å²) in [6.45, 7) is 11.0. The van der Waals surface area contributed by atoms with Crippen LogP contribution in [0, 0.1) is 5.41 Å². The van der Waals surface area contributed by atoms with Crippen molar-refractivity contribution in [2.45, 2.75) is 73.1 Å². The van der Waals surface area contributed by atoms with Gasteiger partial charge in [0, 0.05) is 6.42 Å². The van der Waals surface area contributed by atoms with Crippen molar-refractivity contribution < 1.29 is 9.90 Å². The molecular formula is C13H28O2. The molecule has 0 aromatic rings. The van der Waals surface area contributed by atoms with Crippen LogP contribution in [-0.4, -0.2) is 11.1 Å². The summed E-state index contributed by atoms with van der Waals surface area (Å²) >= 11 is 0. The molecule has 0 unspecified atom stereocenters. The minimum Gasteiger partial charge on any atom is -0.481 e. The number of rotatable bonds is 5. The minimum absolute atomic E-state index is 0.333. The van der Waals surface area contributed by atoms with Gasteiger partial charge in [0.05, 0.1) is 0 Å². The van der Waals surface area contributed by atoms with Crippen LogP contribution in [0.3, 0.4) is 0 Å². The van der Waals surface area contributed by atoms with E-state index in [1.54, 1.807) is 0 Å². The van der Waals surface area contributed by atoms with Crippen LogP contribution in [0.1, 0.15) is 73.1 Å². The number of hydrogen-bond acceptors (Lipinski definition) is 1. The first-order valence-electron chi connectivity index (χ1n) is 6.05. The minimum atomic E-state index is -0.675. The van der Waals surface area contributed by atoms with E-state index in [0.717, 1.165) is 19.3 Å². The maximum Gasteiger partial charge on any atom is 0.303 e. The second-order valence-corrected chi connectivity index (χ2v) is 5.12. The van der Waals surface area contributed by atoms with Gasteiger partial charge in [0.15, 0.2) is 0 Å². The van der Waals surface area contributed by atoms with E-state index in [1.807, 2.05) is 0 Å². The van der Waals surface area contributed by atoms with Crippen LogP contribution < -0.4 is 0 Å². The van der Waals surface area contributed by atoms with Crippen LogP contribution in [-0.2, 0) is 4.79 Å². The van der Waals surface area contributed by atoms with Crippen molar-refractivity contribution in [1.82, 2.24) is 0 Å². The lowest BCUT2D eigenvalue weighted by molar-refractivity contribution is -0.137. The third-order valence-electron chi connectivity index (χ3n) is 2.30. The Kier molecular flexibility index (Phi) is 11.3. The van der Waals surface area contributed by atoms with E-state index < -0.39 is 5.97 Å². The van der Waals surface area contributed by atoms with Crippen LogP contribution in [0.25, 0.3) is 0 Å². The monoisotopic (exact) mass is 216 g/mol. The number of carboxylic acids is 1. The number of hydrogen-bond donors (Lipinski definition) is 1. The quantitative estimate of drug-likeness (QED) is 0.688. The molecular weight excluding hydrogens is 188 g/mol. The standard InChI is InChI=1S/C7H14O2.C6H14/c1-2-3-4-5-6-7(8)9;1-5-6(2,3)4/h2-6H2,1H3,(H,8,9);5H2,1-4H3. The molecule has 0 amide bonds. The van der Waals surface area contributed by atoms with Gasteiger partial charge in [0.1, 0.15) is 0 Å². The first kappa shape index (κ1) is 16.9. The molecule has 2 nitrogen and oxygen atoms in total. The van der Waals surface area contributed by atoms with Crippen molar-refractivity contribution in [3.05, 3.63) is 0 Å². The Morgan fingerprint density at radius 2 is 1.53 bits per heavy atom. The van der Waals surface area contributed by atoms with Gasteiger partial charge in [-0.2, -0.15) is 0 Å². The van der Waals surface area contributed by atoms with Gasteiger partial charge >= 0.3 is 5.97 Å². The van der Waals surface area contributed by atoms with Crippen LogP contribution in [0.2, 0.25) is 0 Å². The lowest BCUT2D eigenvalue weighted by atomic mass is 9.94. The van der Waals surface area contributed by atoms with Crippen LogP contribution in [0.5, 0.6) is 0 Å². The molecule has 0 aliphatic carbocycles. The summed E-state index contributed by atoms with van der Waals surface area (Å²) in [5.74, 6) is -0.675. The molecule has 92 valence electrons. The topological polar surface area (TPSA) is 37.3 Å². The van der Waals surface area contributed by atoms with Crippen LogP contribution >= 0.6 is 0 Å². The molecule has 0 aromatic heterocycles. The lowest BCUT2D eigenvalue weighted by Crippen LogP contribution is -2.00. The van der Waals surface area contributed by atoms with Crippen molar-refractivity contribution >= 4 is 5.97 Å². The fourth-order valence-corrected chi connectivity index (χ4v) is 0.703. The van der Waals surface area contributed by atoms with Crippen LogP contribution in [0.15, 0.2) is 0 Å². The average molecular weight is 216 g/mol.